The smallest absolute Gasteiger partial charge is 0.240 e. The van der Waals surface area contributed by atoms with E-state index in [9.17, 15) is 4.79 Å². The molecule has 0 radical (unpaired) electrons. The van der Waals surface area contributed by atoms with Gasteiger partial charge in [-0.15, -0.1) is 0 Å². The molecular formula is C7H13N3OS. The van der Waals surface area contributed by atoms with Crippen molar-refractivity contribution >= 4 is 23.2 Å². The molecule has 5 heteroatoms. The minimum atomic E-state index is 0.0836. The molecule has 0 aromatic carbocycles. The lowest BCUT2D eigenvalue weighted by Gasteiger charge is -2.20. The van der Waals surface area contributed by atoms with Crippen LogP contribution in [0.3, 0.4) is 0 Å². The number of amides is 1. The van der Waals surface area contributed by atoms with Crippen LogP contribution in [0.1, 0.15) is 25.7 Å². The Bertz CT molecular complexity index is 195. The van der Waals surface area contributed by atoms with Crippen LogP contribution in [0.4, 0.5) is 0 Å². The minimum Gasteiger partial charge on any atom is -0.375 e. The van der Waals surface area contributed by atoms with Gasteiger partial charge in [0.15, 0.2) is 5.11 Å². The molecule has 1 rings (SSSR count). The van der Waals surface area contributed by atoms with E-state index in [1.807, 2.05) is 0 Å². The van der Waals surface area contributed by atoms with Crippen LogP contribution in [-0.4, -0.2) is 22.6 Å². The predicted molar refractivity (Wildman–Crippen MR) is 50.1 cm³/mol. The molecule has 4 nitrogen and oxygen atoms in total. The van der Waals surface area contributed by atoms with E-state index in [0.29, 0.717) is 13.0 Å². The Morgan fingerprint density at radius 1 is 1.50 bits per heavy atom. The van der Waals surface area contributed by atoms with Crippen molar-refractivity contribution in [3.63, 3.8) is 0 Å². The van der Waals surface area contributed by atoms with Crippen molar-refractivity contribution in [2.45, 2.75) is 25.7 Å². The molecule has 1 fully saturated rings. The van der Waals surface area contributed by atoms with Crippen molar-refractivity contribution in [3.05, 3.63) is 0 Å². The number of hydrazine groups is 1. The Morgan fingerprint density at radius 3 is 2.92 bits per heavy atom. The number of nitrogens with two attached hydrogens (primary N) is 1. The molecule has 0 aromatic rings. The second-order valence-corrected chi connectivity index (χ2v) is 3.27. The molecule has 0 aliphatic carbocycles. The highest BCUT2D eigenvalue weighted by atomic mass is 32.1. The lowest BCUT2D eigenvalue weighted by Crippen LogP contribution is -2.48. The van der Waals surface area contributed by atoms with Crippen molar-refractivity contribution in [1.82, 2.24) is 10.4 Å². The third-order valence-electron chi connectivity index (χ3n) is 1.82. The zero-order valence-electron chi connectivity index (χ0n) is 6.88. The van der Waals surface area contributed by atoms with Gasteiger partial charge in [-0.2, -0.15) is 0 Å². The maximum Gasteiger partial charge on any atom is 0.240 e. The molecule has 0 spiro atoms. The van der Waals surface area contributed by atoms with Crippen LogP contribution in [-0.2, 0) is 4.79 Å². The van der Waals surface area contributed by atoms with Gasteiger partial charge in [0, 0.05) is 13.0 Å². The minimum absolute atomic E-state index is 0.0836. The Hall–Kier alpha value is -0.840. The second-order valence-electron chi connectivity index (χ2n) is 2.83. The molecule has 1 amide bonds. The number of thiocarbonyl (C=S) groups is 1. The number of rotatable bonds is 1. The standard InChI is InChI=1S/C7H13N3OS/c8-7(12)9-10-5-3-1-2-4-6(10)11/h1-5H2,(H3,8,9,12). The summed E-state index contributed by atoms with van der Waals surface area (Å²) in [5.41, 5.74) is 7.93. The van der Waals surface area contributed by atoms with E-state index in [0.717, 1.165) is 19.3 Å². The van der Waals surface area contributed by atoms with Crippen LogP contribution in [0.2, 0.25) is 0 Å². The molecule has 0 aromatic heterocycles. The van der Waals surface area contributed by atoms with Crippen LogP contribution >= 0.6 is 12.2 Å². The summed E-state index contributed by atoms with van der Waals surface area (Å²) >= 11 is 4.65. The number of nitrogens with one attached hydrogen (secondary N) is 1. The molecule has 1 saturated heterocycles. The molecule has 0 bridgehead atoms. The van der Waals surface area contributed by atoms with Gasteiger partial charge in [-0.3, -0.25) is 15.2 Å². The van der Waals surface area contributed by atoms with Crippen LogP contribution in [0, 0.1) is 0 Å². The highest BCUT2D eigenvalue weighted by Gasteiger charge is 2.15. The van der Waals surface area contributed by atoms with Crippen LogP contribution in [0.15, 0.2) is 0 Å². The normalized spacial score (nSPS) is 18.7. The molecule has 0 atom stereocenters. The monoisotopic (exact) mass is 187 g/mol. The molecule has 68 valence electrons. The van der Waals surface area contributed by atoms with E-state index < -0.39 is 0 Å². The maximum atomic E-state index is 11.3. The zero-order chi connectivity index (χ0) is 8.97. The number of hydrogen-bond donors (Lipinski definition) is 2. The first-order valence-corrected chi connectivity index (χ1v) is 4.47. The van der Waals surface area contributed by atoms with Gasteiger partial charge in [-0.05, 0) is 25.1 Å². The Labute approximate surface area is 77.1 Å². The number of carbonyl (C=O) groups excluding carboxylic acids is 1. The summed E-state index contributed by atoms with van der Waals surface area (Å²) < 4.78 is 0. The predicted octanol–water partition coefficient (Wildman–Crippen LogP) is 0.137. The molecule has 12 heavy (non-hydrogen) atoms. The summed E-state index contributed by atoms with van der Waals surface area (Å²) in [7, 11) is 0. The topological polar surface area (TPSA) is 58.4 Å². The van der Waals surface area contributed by atoms with E-state index in [2.05, 4.69) is 17.6 Å². The average Bonchev–Trinajstić information content (AvgIpc) is 2.16. The number of carbonyl (C=O) groups is 1. The van der Waals surface area contributed by atoms with Crippen LogP contribution < -0.4 is 11.2 Å². The van der Waals surface area contributed by atoms with Crippen molar-refractivity contribution < 1.29 is 4.79 Å². The van der Waals surface area contributed by atoms with Gasteiger partial charge < -0.3 is 5.73 Å². The summed E-state index contributed by atoms with van der Waals surface area (Å²) in [4.78, 5) is 11.3. The lowest BCUT2D eigenvalue weighted by molar-refractivity contribution is -0.132. The number of nitrogens with zero attached hydrogens (tertiary/aromatic N) is 1. The van der Waals surface area contributed by atoms with Crippen molar-refractivity contribution in [1.29, 1.82) is 0 Å². The molecule has 3 N–H and O–H groups in total. The summed E-state index contributed by atoms with van der Waals surface area (Å²) in [6.07, 6.45) is 3.67. The largest absolute Gasteiger partial charge is 0.375 e. The summed E-state index contributed by atoms with van der Waals surface area (Å²) in [6, 6.07) is 0. The van der Waals surface area contributed by atoms with Gasteiger partial charge in [0.05, 0.1) is 0 Å². The van der Waals surface area contributed by atoms with Crippen molar-refractivity contribution in [2.75, 3.05) is 6.54 Å². The van der Waals surface area contributed by atoms with Crippen molar-refractivity contribution in [2.24, 2.45) is 5.73 Å². The van der Waals surface area contributed by atoms with Crippen molar-refractivity contribution in [3.8, 4) is 0 Å². The van der Waals surface area contributed by atoms with E-state index in [1.54, 1.807) is 0 Å². The summed E-state index contributed by atoms with van der Waals surface area (Å²) in [6.45, 7) is 0.705. The average molecular weight is 187 g/mol. The highest BCUT2D eigenvalue weighted by molar-refractivity contribution is 7.80. The summed E-state index contributed by atoms with van der Waals surface area (Å²) in [5, 5.41) is 1.67. The summed E-state index contributed by atoms with van der Waals surface area (Å²) in [5.74, 6) is 0.0836. The van der Waals surface area contributed by atoms with E-state index in [4.69, 9.17) is 5.73 Å². The second kappa shape index (κ2) is 4.25. The van der Waals surface area contributed by atoms with E-state index in [-0.39, 0.29) is 11.0 Å². The van der Waals surface area contributed by atoms with E-state index in [1.165, 1.54) is 5.01 Å². The van der Waals surface area contributed by atoms with Gasteiger partial charge >= 0.3 is 0 Å². The Morgan fingerprint density at radius 2 is 2.25 bits per heavy atom. The number of hydrogen-bond acceptors (Lipinski definition) is 2. The Kier molecular flexibility index (Phi) is 3.28. The first-order valence-electron chi connectivity index (χ1n) is 4.06. The first-order chi connectivity index (χ1) is 5.70. The fraction of sp³-hybridized carbons (Fsp3) is 0.714. The van der Waals surface area contributed by atoms with Gasteiger partial charge in [0.25, 0.3) is 0 Å². The van der Waals surface area contributed by atoms with Gasteiger partial charge in [-0.1, -0.05) is 6.42 Å². The molecule has 0 saturated carbocycles. The quantitative estimate of drug-likeness (QED) is 0.573. The molecule has 1 aliphatic heterocycles. The van der Waals surface area contributed by atoms with E-state index >= 15 is 0 Å². The highest BCUT2D eigenvalue weighted by Crippen LogP contribution is 2.08. The third kappa shape index (κ3) is 2.65. The zero-order valence-corrected chi connectivity index (χ0v) is 7.69. The lowest BCUT2D eigenvalue weighted by atomic mass is 10.2. The third-order valence-corrected chi connectivity index (χ3v) is 1.91. The van der Waals surface area contributed by atoms with Gasteiger partial charge in [-0.25, -0.2) is 0 Å². The van der Waals surface area contributed by atoms with Crippen LogP contribution in [0.5, 0.6) is 0 Å². The Balaban J connectivity index is 2.47. The van der Waals surface area contributed by atoms with Gasteiger partial charge in [0.1, 0.15) is 0 Å². The van der Waals surface area contributed by atoms with Gasteiger partial charge in [0.2, 0.25) is 5.91 Å². The molecule has 1 aliphatic rings. The molecule has 0 unspecified atom stereocenters. The first kappa shape index (κ1) is 9.25. The fourth-order valence-electron chi connectivity index (χ4n) is 1.23. The maximum absolute atomic E-state index is 11.3. The fourth-order valence-corrected chi connectivity index (χ4v) is 1.34. The van der Waals surface area contributed by atoms with Crippen LogP contribution in [0.25, 0.3) is 0 Å². The SMILES string of the molecule is NC(=S)NN1CCCCCC1=O. The molecular weight excluding hydrogens is 174 g/mol. The molecule has 1 heterocycles.